The van der Waals surface area contributed by atoms with Gasteiger partial charge in [0.2, 0.25) is 0 Å². The summed E-state index contributed by atoms with van der Waals surface area (Å²) in [6.07, 6.45) is 1.67. The molecule has 3 nitrogen and oxygen atoms in total. The molecule has 5 heteroatoms. The average molecular weight is 336 g/mol. The molecule has 0 unspecified atom stereocenters. The summed E-state index contributed by atoms with van der Waals surface area (Å²) in [5.41, 5.74) is 1.49. The lowest BCUT2D eigenvalue weighted by atomic mass is 10.1. The highest BCUT2D eigenvalue weighted by molar-refractivity contribution is 9.10. The van der Waals surface area contributed by atoms with E-state index in [-0.39, 0.29) is 17.9 Å². The van der Waals surface area contributed by atoms with Gasteiger partial charge in [0.15, 0.2) is 0 Å². The molecule has 0 fully saturated rings. The molecule has 0 amide bonds. The summed E-state index contributed by atoms with van der Waals surface area (Å²) in [5.74, 6) is -0.389. The third-order valence-electron chi connectivity index (χ3n) is 2.75. The molecule has 0 saturated carbocycles. The van der Waals surface area contributed by atoms with E-state index in [1.807, 2.05) is 30.3 Å². The Bertz CT molecular complexity index is 656. The van der Waals surface area contributed by atoms with E-state index in [9.17, 15) is 14.5 Å². The van der Waals surface area contributed by atoms with E-state index >= 15 is 0 Å². The number of benzene rings is 2. The summed E-state index contributed by atoms with van der Waals surface area (Å²) >= 11 is 3.20. The van der Waals surface area contributed by atoms with E-state index in [4.69, 9.17) is 0 Å². The maximum atomic E-state index is 13.0. The standard InChI is InChI=1S/C15H11BrFNO2/c16-15-10-13(17)7-6-12(15)9-14(18(19)20)8-11-4-2-1-3-5-11/h1-7,9-10H,8H2/b14-9+. The first-order valence-electron chi connectivity index (χ1n) is 5.90. The maximum Gasteiger partial charge on any atom is 0.251 e. The van der Waals surface area contributed by atoms with Crippen molar-refractivity contribution >= 4 is 22.0 Å². The maximum absolute atomic E-state index is 13.0. The predicted octanol–water partition coefficient (Wildman–Crippen LogP) is 4.45. The van der Waals surface area contributed by atoms with Crippen molar-refractivity contribution in [2.24, 2.45) is 0 Å². The molecule has 2 aromatic carbocycles. The smallest absolute Gasteiger partial charge is 0.251 e. The summed E-state index contributed by atoms with van der Waals surface area (Å²) in [7, 11) is 0. The zero-order valence-electron chi connectivity index (χ0n) is 10.4. The van der Waals surface area contributed by atoms with Crippen molar-refractivity contribution in [2.45, 2.75) is 6.42 Å². The minimum Gasteiger partial charge on any atom is -0.259 e. The molecule has 0 N–H and O–H groups in total. The molecule has 2 aromatic rings. The van der Waals surface area contributed by atoms with Crippen LogP contribution in [0.4, 0.5) is 4.39 Å². The van der Waals surface area contributed by atoms with E-state index in [0.29, 0.717) is 10.0 Å². The molecule has 0 atom stereocenters. The Hall–Kier alpha value is -2.01. The molecule has 2 rings (SSSR count). The quantitative estimate of drug-likeness (QED) is 0.612. The third-order valence-corrected chi connectivity index (χ3v) is 3.43. The molecule has 0 bridgehead atoms. The van der Waals surface area contributed by atoms with Gasteiger partial charge >= 0.3 is 0 Å². The summed E-state index contributed by atoms with van der Waals surface area (Å²) in [6, 6.07) is 13.3. The molecule has 20 heavy (non-hydrogen) atoms. The van der Waals surface area contributed by atoms with Crippen molar-refractivity contribution in [1.82, 2.24) is 0 Å². The van der Waals surface area contributed by atoms with Crippen LogP contribution in [0.2, 0.25) is 0 Å². The first kappa shape index (κ1) is 14.4. The third kappa shape index (κ3) is 3.74. The Morgan fingerprint density at radius 3 is 2.55 bits per heavy atom. The molecule has 0 aliphatic carbocycles. The molecular weight excluding hydrogens is 325 g/mol. The van der Waals surface area contributed by atoms with Crippen molar-refractivity contribution in [3.05, 3.63) is 85.8 Å². The summed E-state index contributed by atoms with van der Waals surface area (Å²) in [6.45, 7) is 0. The van der Waals surface area contributed by atoms with Gasteiger partial charge in [-0.25, -0.2) is 4.39 Å². The first-order valence-corrected chi connectivity index (χ1v) is 6.69. The molecule has 0 heterocycles. The molecule has 0 aliphatic heterocycles. The topological polar surface area (TPSA) is 43.1 Å². The van der Waals surface area contributed by atoms with Gasteiger partial charge in [-0.3, -0.25) is 10.1 Å². The van der Waals surface area contributed by atoms with E-state index < -0.39 is 4.92 Å². The second-order valence-corrected chi connectivity index (χ2v) is 5.08. The van der Waals surface area contributed by atoms with Crippen LogP contribution in [0.5, 0.6) is 0 Å². The van der Waals surface area contributed by atoms with E-state index in [1.54, 1.807) is 0 Å². The second-order valence-electron chi connectivity index (χ2n) is 4.22. The van der Waals surface area contributed by atoms with Crippen LogP contribution in [0.1, 0.15) is 11.1 Å². The lowest BCUT2D eigenvalue weighted by molar-refractivity contribution is -0.425. The number of nitro groups is 1. The molecule has 0 saturated heterocycles. The van der Waals surface area contributed by atoms with Crippen LogP contribution >= 0.6 is 15.9 Å². The number of allylic oxidation sites excluding steroid dienone is 1. The van der Waals surface area contributed by atoms with Crippen LogP contribution in [-0.2, 0) is 6.42 Å². The Kier molecular flexibility index (Phi) is 4.63. The van der Waals surface area contributed by atoms with Crippen LogP contribution < -0.4 is 0 Å². The van der Waals surface area contributed by atoms with Crippen molar-refractivity contribution < 1.29 is 9.31 Å². The van der Waals surface area contributed by atoms with Crippen LogP contribution in [0.25, 0.3) is 6.08 Å². The highest BCUT2D eigenvalue weighted by Gasteiger charge is 2.13. The Morgan fingerprint density at radius 2 is 1.95 bits per heavy atom. The van der Waals surface area contributed by atoms with Crippen LogP contribution in [0.3, 0.4) is 0 Å². The van der Waals surface area contributed by atoms with Gasteiger partial charge in [-0.1, -0.05) is 52.3 Å². The summed E-state index contributed by atoms with van der Waals surface area (Å²) < 4.78 is 13.5. The molecular formula is C15H11BrFNO2. The van der Waals surface area contributed by atoms with Gasteiger partial charge in [0.05, 0.1) is 11.3 Å². The average Bonchev–Trinajstić information content (AvgIpc) is 2.42. The van der Waals surface area contributed by atoms with E-state index in [0.717, 1.165) is 5.56 Å². The van der Waals surface area contributed by atoms with Gasteiger partial charge in [0.1, 0.15) is 5.82 Å². The molecule has 0 aromatic heterocycles. The fourth-order valence-corrected chi connectivity index (χ4v) is 2.24. The SMILES string of the molecule is O=[N+]([O-])/C(=C/c1ccc(F)cc1Br)Cc1ccccc1. The first-order chi connectivity index (χ1) is 9.56. The lowest BCUT2D eigenvalue weighted by Gasteiger charge is -2.02. The number of rotatable bonds is 4. The Morgan fingerprint density at radius 1 is 1.25 bits per heavy atom. The van der Waals surface area contributed by atoms with Gasteiger partial charge in [0.25, 0.3) is 5.70 Å². The monoisotopic (exact) mass is 335 g/mol. The number of nitrogens with zero attached hydrogens (tertiary/aromatic N) is 1. The van der Waals surface area contributed by atoms with Crippen LogP contribution in [0.15, 0.2) is 58.7 Å². The highest BCUT2D eigenvalue weighted by Crippen LogP contribution is 2.22. The largest absolute Gasteiger partial charge is 0.259 e. The van der Waals surface area contributed by atoms with Crippen molar-refractivity contribution in [1.29, 1.82) is 0 Å². The van der Waals surface area contributed by atoms with Crippen molar-refractivity contribution in [3.63, 3.8) is 0 Å². The van der Waals surface area contributed by atoms with Crippen LogP contribution in [-0.4, -0.2) is 4.92 Å². The van der Waals surface area contributed by atoms with Gasteiger partial charge in [-0.15, -0.1) is 0 Å². The number of hydrogen-bond donors (Lipinski definition) is 0. The van der Waals surface area contributed by atoms with E-state index in [2.05, 4.69) is 15.9 Å². The van der Waals surface area contributed by atoms with Gasteiger partial charge in [-0.05, 0) is 23.3 Å². The van der Waals surface area contributed by atoms with Crippen molar-refractivity contribution in [2.75, 3.05) is 0 Å². The molecule has 0 spiro atoms. The fraction of sp³-hybridized carbons (Fsp3) is 0.0667. The summed E-state index contributed by atoms with van der Waals surface area (Å²) in [5, 5.41) is 11.1. The zero-order chi connectivity index (χ0) is 14.5. The normalized spacial score (nSPS) is 11.4. The van der Waals surface area contributed by atoms with Crippen molar-refractivity contribution in [3.8, 4) is 0 Å². The van der Waals surface area contributed by atoms with Crippen LogP contribution in [0, 0.1) is 15.9 Å². The van der Waals surface area contributed by atoms with Gasteiger partial charge < -0.3 is 0 Å². The Balaban J connectivity index is 2.33. The predicted molar refractivity (Wildman–Crippen MR) is 79.2 cm³/mol. The van der Waals surface area contributed by atoms with E-state index in [1.165, 1.54) is 24.3 Å². The number of hydrogen-bond acceptors (Lipinski definition) is 2. The Labute approximate surface area is 124 Å². The van der Waals surface area contributed by atoms with Gasteiger partial charge in [-0.2, -0.15) is 0 Å². The number of halogens is 2. The minimum atomic E-state index is -0.414. The fourth-order valence-electron chi connectivity index (χ4n) is 1.77. The lowest BCUT2D eigenvalue weighted by Crippen LogP contribution is -2.02. The molecule has 0 radical (unpaired) electrons. The summed E-state index contributed by atoms with van der Waals surface area (Å²) in [4.78, 5) is 10.7. The second kappa shape index (κ2) is 6.43. The molecule has 102 valence electrons. The minimum absolute atomic E-state index is 0.0588. The van der Waals surface area contributed by atoms with Gasteiger partial charge in [0, 0.05) is 10.5 Å². The zero-order valence-corrected chi connectivity index (χ0v) is 12.0. The molecule has 0 aliphatic rings. The highest BCUT2D eigenvalue weighted by atomic mass is 79.9.